The Morgan fingerprint density at radius 2 is 2.00 bits per heavy atom. The normalized spacial score (nSPS) is 21.4. The summed E-state index contributed by atoms with van der Waals surface area (Å²) in [7, 11) is 0. The summed E-state index contributed by atoms with van der Waals surface area (Å²) in [6.45, 7) is 4.70. The van der Waals surface area contributed by atoms with Crippen LogP contribution in [0.5, 0.6) is 0 Å². The van der Waals surface area contributed by atoms with E-state index in [1.807, 2.05) is 6.92 Å². The predicted molar refractivity (Wildman–Crippen MR) is 67.1 cm³/mol. The zero-order chi connectivity index (χ0) is 12.0. The van der Waals surface area contributed by atoms with Gasteiger partial charge in [-0.2, -0.15) is 0 Å². The van der Waals surface area contributed by atoms with E-state index in [2.05, 4.69) is 12.2 Å². The molecule has 3 N–H and O–H groups in total. The number of nitrogens with one attached hydrogen (secondary N) is 1. The van der Waals surface area contributed by atoms with Crippen molar-refractivity contribution in [2.24, 2.45) is 11.7 Å². The first kappa shape index (κ1) is 13.5. The lowest BCUT2D eigenvalue weighted by molar-refractivity contribution is -0.127. The van der Waals surface area contributed by atoms with Gasteiger partial charge in [0.25, 0.3) is 0 Å². The molecule has 0 aromatic carbocycles. The van der Waals surface area contributed by atoms with E-state index in [1.165, 1.54) is 19.3 Å². The number of nitrogens with two attached hydrogens (primary N) is 1. The SMILES string of the molecule is CCCC(C)C(=O)NC1(CN)CCCCC1. The van der Waals surface area contributed by atoms with Crippen LogP contribution < -0.4 is 11.1 Å². The van der Waals surface area contributed by atoms with E-state index < -0.39 is 0 Å². The highest BCUT2D eigenvalue weighted by atomic mass is 16.2. The Bertz CT molecular complexity index is 222. The number of rotatable bonds is 5. The minimum atomic E-state index is -0.0999. The van der Waals surface area contributed by atoms with Gasteiger partial charge in [-0.1, -0.05) is 39.5 Å². The van der Waals surface area contributed by atoms with Crippen molar-refractivity contribution in [2.45, 2.75) is 64.3 Å². The van der Waals surface area contributed by atoms with Crippen molar-refractivity contribution in [1.29, 1.82) is 0 Å². The molecule has 94 valence electrons. The van der Waals surface area contributed by atoms with Crippen LogP contribution in [0.2, 0.25) is 0 Å². The van der Waals surface area contributed by atoms with Gasteiger partial charge in [-0.15, -0.1) is 0 Å². The van der Waals surface area contributed by atoms with Crippen LogP contribution in [0.15, 0.2) is 0 Å². The number of amides is 1. The zero-order valence-electron chi connectivity index (χ0n) is 10.7. The molecule has 1 atom stereocenters. The molecule has 0 spiro atoms. The maximum atomic E-state index is 12.0. The van der Waals surface area contributed by atoms with Gasteiger partial charge in [0.15, 0.2) is 0 Å². The van der Waals surface area contributed by atoms with Crippen LogP contribution >= 0.6 is 0 Å². The number of hydrogen-bond acceptors (Lipinski definition) is 2. The van der Waals surface area contributed by atoms with Crippen molar-refractivity contribution in [3.63, 3.8) is 0 Å². The summed E-state index contributed by atoms with van der Waals surface area (Å²) in [5, 5.41) is 3.20. The highest BCUT2D eigenvalue weighted by Crippen LogP contribution is 2.27. The van der Waals surface area contributed by atoms with E-state index in [4.69, 9.17) is 5.73 Å². The molecule has 0 saturated heterocycles. The van der Waals surface area contributed by atoms with Gasteiger partial charge in [0.05, 0.1) is 5.54 Å². The molecule has 0 radical (unpaired) electrons. The third-order valence-electron chi connectivity index (χ3n) is 3.76. The van der Waals surface area contributed by atoms with Crippen LogP contribution in [0.4, 0.5) is 0 Å². The number of carbonyl (C=O) groups excluding carboxylic acids is 1. The van der Waals surface area contributed by atoms with E-state index in [0.717, 1.165) is 25.7 Å². The third kappa shape index (κ3) is 3.48. The molecule has 0 heterocycles. The molecule has 1 amide bonds. The van der Waals surface area contributed by atoms with E-state index in [9.17, 15) is 4.79 Å². The maximum Gasteiger partial charge on any atom is 0.223 e. The maximum absolute atomic E-state index is 12.0. The molecule has 1 saturated carbocycles. The van der Waals surface area contributed by atoms with Gasteiger partial charge in [-0.25, -0.2) is 0 Å². The highest BCUT2D eigenvalue weighted by Gasteiger charge is 2.32. The third-order valence-corrected chi connectivity index (χ3v) is 3.76. The molecule has 16 heavy (non-hydrogen) atoms. The minimum absolute atomic E-state index is 0.0999. The Hall–Kier alpha value is -0.570. The lowest BCUT2D eigenvalue weighted by Gasteiger charge is -2.37. The summed E-state index contributed by atoms with van der Waals surface area (Å²) < 4.78 is 0. The smallest absolute Gasteiger partial charge is 0.223 e. The van der Waals surface area contributed by atoms with Crippen molar-refractivity contribution >= 4 is 5.91 Å². The monoisotopic (exact) mass is 226 g/mol. The van der Waals surface area contributed by atoms with E-state index in [1.54, 1.807) is 0 Å². The quantitative estimate of drug-likeness (QED) is 0.755. The lowest BCUT2D eigenvalue weighted by atomic mass is 9.81. The van der Waals surface area contributed by atoms with Crippen molar-refractivity contribution < 1.29 is 4.79 Å². The Balaban J connectivity index is 2.51. The van der Waals surface area contributed by atoms with Crippen LogP contribution in [-0.4, -0.2) is 18.0 Å². The highest BCUT2D eigenvalue weighted by molar-refractivity contribution is 5.79. The van der Waals surface area contributed by atoms with Crippen molar-refractivity contribution in [3.05, 3.63) is 0 Å². The Kier molecular flexibility index (Phi) is 5.26. The summed E-state index contributed by atoms with van der Waals surface area (Å²) in [6.07, 6.45) is 7.79. The molecular formula is C13H26N2O. The topological polar surface area (TPSA) is 55.1 Å². The Morgan fingerprint density at radius 3 is 2.50 bits per heavy atom. The van der Waals surface area contributed by atoms with Gasteiger partial charge in [0.2, 0.25) is 5.91 Å². The molecule has 0 aromatic heterocycles. The summed E-state index contributed by atoms with van der Waals surface area (Å²) in [5.74, 6) is 0.310. The van der Waals surface area contributed by atoms with Gasteiger partial charge in [-0.05, 0) is 19.3 Å². The van der Waals surface area contributed by atoms with Crippen LogP contribution in [0.25, 0.3) is 0 Å². The van der Waals surface area contributed by atoms with E-state index in [0.29, 0.717) is 6.54 Å². The van der Waals surface area contributed by atoms with Crippen molar-refractivity contribution in [2.75, 3.05) is 6.54 Å². The first-order valence-electron chi connectivity index (χ1n) is 6.65. The summed E-state index contributed by atoms with van der Waals surface area (Å²) in [6, 6.07) is 0. The van der Waals surface area contributed by atoms with E-state index in [-0.39, 0.29) is 17.4 Å². The molecule has 3 nitrogen and oxygen atoms in total. The molecule has 0 bridgehead atoms. The zero-order valence-corrected chi connectivity index (χ0v) is 10.7. The van der Waals surface area contributed by atoms with Gasteiger partial charge >= 0.3 is 0 Å². The molecule has 1 unspecified atom stereocenters. The molecule has 1 rings (SSSR count). The Labute approximate surface area is 99.2 Å². The van der Waals surface area contributed by atoms with Crippen LogP contribution in [0.3, 0.4) is 0 Å². The van der Waals surface area contributed by atoms with Gasteiger partial charge in [0.1, 0.15) is 0 Å². The van der Waals surface area contributed by atoms with Gasteiger partial charge < -0.3 is 11.1 Å². The molecule has 0 aromatic rings. The summed E-state index contributed by atoms with van der Waals surface area (Å²) in [4.78, 5) is 12.0. The molecule has 1 aliphatic rings. The van der Waals surface area contributed by atoms with Crippen LogP contribution in [-0.2, 0) is 4.79 Å². The first-order chi connectivity index (χ1) is 7.63. The predicted octanol–water partition coefficient (Wildman–Crippen LogP) is 2.20. The second-order valence-corrected chi connectivity index (χ2v) is 5.22. The molecular weight excluding hydrogens is 200 g/mol. The fourth-order valence-electron chi connectivity index (χ4n) is 2.56. The first-order valence-corrected chi connectivity index (χ1v) is 6.65. The number of hydrogen-bond donors (Lipinski definition) is 2. The van der Waals surface area contributed by atoms with Crippen molar-refractivity contribution in [3.8, 4) is 0 Å². The largest absolute Gasteiger partial charge is 0.349 e. The second kappa shape index (κ2) is 6.24. The number of carbonyl (C=O) groups is 1. The molecule has 1 aliphatic carbocycles. The molecule has 0 aliphatic heterocycles. The lowest BCUT2D eigenvalue weighted by Crippen LogP contribution is -2.55. The standard InChI is InChI=1S/C13H26N2O/c1-3-7-11(2)12(16)15-13(10-14)8-5-4-6-9-13/h11H,3-10,14H2,1-2H3,(H,15,16). The molecule has 1 fully saturated rings. The fraction of sp³-hybridized carbons (Fsp3) is 0.923. The van der Waals surface area contributed by atoms with E-state index >= 15 is 0 Å². The average molecular weight is 226 g/mol. The van der Waals surface area contributed by atoms with Gasteiger partial charge in [0, 0.05) is 12.5 Å². The fourth-order valence-corrected chi connectivity index (χ4v) is 2.56. The van der Waals surface area contributed by atoms with Crippen LogP contribution in [0, 0.1) is 5.92 Å². The second-order valence-electron chi connectivity index (χ2n) is 5.22. The molecule has 3 heteroatoms. The van der Waals surface area contributed by atoms with Crippen molar-refractivity contribution in [1.82, 2.24) is 5.32 Å². The minimum Gasteiger partial charge on any atom is -0.349 e. The van der Waals surface area contributed by atoms with Crippen LogP contribution in [0.1, 0.15) is 58.8 Å². The van der Waals surface area contributed by atoms with Gasteiger partial charge in [-0.3, -0.25) is 4.79 Å². The average Bonchev–Trinajstić information content (AvgIpc) is 2.30. The Morgan fingerprint density at radius 1 is 1.38 bits per heavy atom. The summed E-state index contributed by atoms with van der Waals surface area (Å²) >= 11 is 0. The summed E-state index contributed by atoms with van der Waals surface area (Å²) in [5.41, 5.74) is 5.75.